The average molecular weight is 521 g/mol. The Morgan fingerprint density at radius 2 is 1.23 bits per heavy atom. The summed E-state index contributed by atoms with van der Waals surface area (Å²) in [6.07, 6.45) is 2.09. The van der Waals surface area contributed by atoms with Crippen LogP contribution in [-0.2, 0) is 35.4 Å². The van der Waals surface area contributed by atoms with Crippen LogP contribution in [0.3, 0.4) is 0 Å². The number of methoxy groups -OCH3 is 1. The number of rotatable bonds is 13. The number of hydrogen-bond acceptors (Lipinski definition) is 3. The van der Waals surface area contributed by atoms with Crippen LogP contribution in [0, 0.1) is 0 Å². The fourth-order valence-electron chi connectivity index (χ4n) is 4.61. The molecule has 0 saturated heterocycles. The van der Waals surface area contributed by atoms with E-state index in [1.165, 1.54) is 0 Å². The molecule has 39 heavy (non-hydrogen) atoms. The second-order valence-electron chi connectivity index (χ2n) is 9.59. The summed E-state index contributed by atoms with van der Waals surface area (Å²) in [7, 11) is 1.64. The van der Waals surface area contributed by atoms with Gasteiger partial charge in [-0.3, -0.25) is 9.59 Å². The topological polar surface area (TPSA) is 58.6 Å². The molecule has 1 N–H and O–H groups in total. The summed E-state index contributed by atoms with van der Waals surface area (Å²) in [5.74, 6) is 0.626. The van der Waals surface area contributed by atoms with Crippen molar-refractivity contribution in [1.29, 1.82) is 0 Å². The Bertz CT molecular complexity index is 1290. The van der Waals surface area contributed by atoms with Crippen molar-refractivity contribution in [2.45, 2.75) is 38.3 Å². The third kappa shape index (κ3) is 8.57. The average Bonchev–Trinajstić information content (AvgIpc) is 2.99. The Labute approximate surface area is 231 Å². The quantitative estimate of drug-likeness (QED) is 0.249. The molecule has 200 valence electrons. The van der Waals surface area contributed by atoms with Crippen molar-refractivity contribution in [3.05, 3.63) is 138 Å². The van der Waals surface area contributed by atoms with Crippen LogP contribution in [0.4, 0.5) is 0 Å². The van der Waals surface area contributed by atoms with Crippen molar-refractivity contribution in [3.8, 4) is 5.75 Å². The maximum Gasteiger partial charge on any atom is 0.243 e. The maximum atomic E-state index is 13.7. The summed E-state index contributed by atoms with van der Waals surface area (Å²) in [6, 6.07) is 37.0. The molecular weight excluding hydrogens is 484 g/mol. The fraction of sp³-hybridized carbons (Fsp3) is 0.235. The van der Waals surface area contributed by atoms with Gasteiger partial charge in [0, 0.05) is 25.9 Å². The minimum absolute atomic E-state index is 0.0334. The number of benzene rings is 4. The van der Waals surface area contributed by atoms with Crippen LogP contribution in [0.1, 0.15) is 28.7 Å². The van der Waals surface area contributed by atoms with Crippen LogP contribution in [-0.4, -0.2) is 36.4 Å². The van der Waals surface area contributed by atoms with Crippen molar-refractivity contribution in [1.82, 2.24) is 10.2 Å². The first-order valence-electron chi connectivity index (χ1n) is 13.4. The van der Waals surface area contributed by atoms with Crippen LogP contribution < -0.4 is 10.1 Å². The number of ether oxygens (including phenoxy) is 1. The Balaban J connectivity index is 1.53. The van der Waals surface area contributed by atoms with Crippen molar-refractivity contribution in [3.63, 3.8) is 0 Å². The summed E-state index contributed by atoms with van der Waals surface area (Å²) in [4.78, 5) is 29.2. The van der Waals surface area contributed by atoms with E-state index < -0.39 is 6.04 Å². The third-order valence-corrected chi connectivity index (χ3v) is 6.81. The van der Waals surface area contributed by atoms with E-state index in [1.807, 2.05) is 115 Å². The van der Waals surface area contributed by atoms with E-state index in [-0.39, 0.29) is 11.8 Å². The fourth-order valence-corrected chi connectivity index (χ4v) is 4.61. The molecule has 0 aliphatic carbocycles. The molecule has 0 bridgehead atoms. The highest BCUT2D eigenvalue weighted by Crippen LogP contribution is 2.17. The number of aryl methyl sites for hydroxylation is 1. The molecule has 0 aromatic heterocycles. The minimum atomic E-state index is -0.633. The summed E-state index contributed by atoms with van der Waals surface area (Å²) in [5.41, 5.74) is 4.22. The number of amides is 2. The van der Waals surface area contributed by atoms with Gasteiger partial charge in [0.2, 0.25) is 11.8 Å². The number of hydrogen-bond donors (Lipinski definition) is 1. The van der Waals surface area contributed by atoms with E-state index >= 15 is 0 Å². The Morgan fingerprint density at radius 1 is 0.692 bits per heavy atom. The highest BCUT2D eigenvalue weighted by Gasteiger charge is 2.30. The molecule has 5 nitrogen and oxygen atoms in total. The number of nitrogens with one attached hydrogen (secondary N) is 1. The molecule has 0 radical (unpaired) electrons. The van der Waals surface area contributed by atoms with Gasteiger partial charge in [-0.25, -0.2) is 0 Å². The maximum absolute atomic E-state index is 13.7. The Morgan fingerprint density at radius 3 is 1.82 bits per heavy atom. The Kier molecular flexibility index (Phi) is 10.3. The summed E-state index contributed by atoms with van der Waals surface area (Å²) < 4.78 is 5.24. The summed E-state index contributed by atoms with van der Waals surface area (Å²) in [6.45, 7) is 0.853. The second-order valence-corrected chi connectivity index (χ2v) is 9.59. The number of nitrogens with zero attached hydrogens (tertiary/aromatic N) is 1. The van der Waals surface area contributed by atoms with Gasteiger partial charge in [-0.1, -0.05) is 103 Å². The predicted molar refractivity (Wildman–Crippen MR) is 155 cm³/mol. The largest absolute Gasteiger partial charge is 0.497 e. The molecule has 4 rings (SSSR count). The molecular formula is C34H36N2O3. The van der Waals surface area contributed by atoms with Gasteiger partial charge in [-0.2, -0.15) is 0 Å². The van der Waals surface area contributed by atoms with Crippen LogP contribution in [0.5, 0.6) is 5.75 Å². The number of carbonyl (C=O) groups excluding carboxylic acids is 2. The molecule has 0 saturated carbocycles. The van der Waals surface area contributed by atoms with E-state index in [9.17, 15) is 9.59 Å². The molecule has 0 unspecified atom stereocenters. The van der Waals surface area contributed by atoms with Gasteiger partial charge >= 0.3 is 0 Å². The molecule has 0 aliphatic heterocycles. The van der Waals surface area contributed by atoms with E-state index in [2.05, 4.69) is 5.32 Å². The predicted octanol–water partition coefficient (Wildman–Crippen LogP) is 5.63. The van der Waals surface area contributed by atoms with Crippen LogP contribution in [0.15, 0.2) is 115 Å². The normalized spacial score (nSPS) is 11.4. The molecule has 0 aliphatic rings. The first-order chi connectivity index (χ1) is 19.1. The highest BCUT2D eigenvalue weighted by atomic mass is 16.5. The van der Waals surface area contributed by atoms with Crippen molar-refractivity contribution in [2.24, 2.45) is 0 Å². The van der Waals surface area contributed by atoms with Gasteiger partial charge in [-0.05, 0) is 47.2 Å². The van der Waals surface area contributed by atoms with Crippen molar-refractivity contribution < 1.29 is 14.3 Å². The van der Waals surface area contributed by atoms with Gasteiger partial charge in [-0.15, -0.1) is 0 Å². The zero-order valence-corrected chi connectivity index (χ0v) is 22.5. The van der Waals surface area contributed by atoms with E-state index in [1.54, 1.807) is 12.0 Å². The first kappa shape index (κ1) is 27.6. The third-order valence-electron chi connectivity index (χ3n) is 6.81. The SMILES string of the molecule is COc1ccc(CCNC(=O)[C@@H](Cc2ccccc2)N(Cc2ccccc2)C(=O)CCc2ccccc2)cc1. The number of carbonyl (C=O) groups is 2. The van der Waals surface area contributed by atoms with Gasteiger partial charge in [0.15, 0.2) is 0 Å². The monoisotopic (exact) mass is 520 g/mol. The lowest BCUT2D eigenvalue weighted by atomic mass is 10.0. The zero-order chi connectivity index (χ0) is 27.3. The smallest absolute Gasteiger partial charge is 0.243 e. The van der Waals surface area contributed by atoms with Gasteiger partial charge < -0.3 is 15.0 Å². The van der Waals surface area contributed by atoms with Crippen LogP contribution in [0.25, 0.3) is 0 Å². The lowest BCUT2D eigenvalue weighted by Crippen LogP contribution is -2.50. The van der Waals surface area contributed by atoms with Gasteiger partial charge in [0.05, 0.1) is 7.11 Å². The van der Waals surface area contributed by atoms with Crippen LogP contribution >= 0.6 is 0 Å². The molecule has 5 heteroatoms. The molecule has 2 amide bonds. The molecule has 0 fully saturated rings. The van der Waals surface area contributed by atoms with Crippen molar-refractivity contribution >= 4 is 11.8 Å². The molecule has 4 aromatic carbocycles. The summed E-state index contributed by atoms with van der Waals surface area (Å²) >= 11 is 0. The Hall–Kier alpha value is -4.38. The van der Waals surface area contributed by atoms with Crippen LogP contribution in [0.2, 0.25) is 0 Å². The highest BCUT2D eigenvalue weighted by molar-refractivity contribution is 5.88. The van der Waals surface area contributed by atoms with Gasteiger partial charge in [0.25, 0.3) is 0 Å². The van der Waals surface area contributed by atoms with E-state index in [4.69, 9.17) is 4.74 Å². The zero-order valence-electron chi connectivity index (χ0n) is 22.5. The standard InChI is InChI=1S/C34H36N2O3/c1-39-31-20-17-28(18-21-31)23-24-35-34(38)32(25-29-13-7-3-8-14-29)36(26-30-15-9-4-10-16-30)33(37)22-19-27-11-5-2-6-12-27/h2-18,20-21,32H,19,22-26H2,1H3,(H,35,38)/t32-/m1/s1. The molecule has 0 heterocycles. The van der Waals surface area contributed by atoms with E-state index in [0.29, 0.717) is 38.8 Å². The lowest BCUT2D eigenvalue weighted by Gasteiger charge is -2.31. The first-order valence-corrected chi connectivity index (χ1v) is 13.4. The molecule has 4 aromatic rings. The minimum Gasteiger partial charge on any atom is -0.497 e. The lowest BCUT2D eigenvalue weighted by molar-refractivity contribution is -0.141. The summed E-state index contributed by atoms with van der Waals surface area (Å²) in [5, 5.41) is 3.11. The van der Waals surface area contributed by atoms with E-state index in [0.717, 1.165) is 28.0 Å². The van der Waals surface area contributed by atoms with Gasteiger partial charge in [0.1, 0.15) is 11.8 Å². The second kappa shape index (κ2) is 14.5. The molecule has 1 atom stereocenters. The van der Waals surface area contributed by atoms with Crippen molar-refractivity contribution in [2.75, 3.05) is 13.7 Å². The molecule has 0 spiro atoms.